The number of hydrogen-bond acceptors (Lipinski definition) is 2. The topological polar surface area (TPSA) is 32.9 Å². The van der Waals surface area contributed by atoms with Crippen LogP contribution in [0.1, 0.15) is 0 Å². The van der Waals surface area contributed by atoms with E-state index in [1.54, 1.807) is 0 Å². The van der Waals surface area contributed by atoms with Gasteiger partial charge < -0.3 is 22.7 Å². The van der Waals surface area contributed by atoms with Gasteiger partial charge in [-0.2, -0.15) is 0 Å². The van der Waals surface area contributed by atoms with Crippen LogP contribution in [0.5, 0.6) is 0 Å². The van der Waals surface area contributed by atoms with Crippen LogP contribution < -0.4 is 0 Å². The van der Waals surface area contributed by atoms with Gasteiger partial charge in [-0.05, 0) is 144 Å². The minimum atomic E-state index is 0.882. The molecule has 20 aromatic rings. The molecule has 418 valence electrons. The largest absolute Gasteiger partial charge is 0.456 e. The molecule has 6 aromatic heterocycles. The van der Waals surface area contributed by atoms with Crippen molar-refractivity contribution in [2.75, 3.05) is 0 Å². The van der Waals surface area contributed by atoms with Gasteiger partial charge >= 0.3 is 0 Å². The van der Waals surface area contributed by atoms with Crippen molar-refractivity contribution in [3.05, 3.63) is 303 Å². The quantitative estimate of drug-likeness (QED) is 0.157. The average molecular weight is 1160 g/mol. The number of aromatic nitrogens is 4. The first-order valence-electron chi connectivity index (χ1n) is 30.8. The minimum Gasteiger partial charge on any atom is -0.456 e. The molecule has 0 fully saturated rings. The molecule has 0 saturated heterocycles. The number of fused-ring (bicyclic) bond motifs is 18. The van der Waals surface area contributed by atoms with Gasteiger partial charge in [0.25, 0.3) is 0 Å². The summed E-state index contributed by atoms with van der Waals surface area (Å²) < 4.78 is 18.9. The predicted octanol–water partition coefficient (Wildman–Crippen LogP) is 23.3. The normalized spacial score (nSPS) is 12.2. The van der Waals surface area contributed by atoms with E-state index in [0.717, 1.165) is 77.9 Å². The molecule has 14 aromatic carbocycles. The maximum atomic E-state index is 6.39. The molecule has 0 spiro atoms. The number of benzene rings is 14. The fourth-order valence-electron chi connectivity index (χ4n) is 15.4. The second-order valence-corrected chi connectivity index (χ2v) is 25.0. The molecule has 0 amide bonds. The van der Waals surface area contributed by atoms with E-state index in [1.165, 1.54) is 108 Å². The fourth-order valence-corrected chi connectivity index (χ4v) is 16.5. The van der Waals surface area contributed by atoms with Crippen molar-refractivity contribution >= 4 is 141 Å². The number of thiophene rings is 1. The van der Waals surface area contributed by atoms with Crippen LogP contribution in [0, 0.1) is 0 Å². The van der Waals surface area contributed by atoms with Crippen molar-refractivity contribution < 1.29 is 4.42 Å². The van der Waals surface area contributed by atoms with E-state index in [9.17, 15) is 0 Å². The summed E-state index contributed by atoms with van der Waals surface area (Å²) in [5, 5.41) is 14.5. The van der Waals surface area contributed by atoms with Gasteiger partial charge in [-0.3, -0.25) is 0 Å². The Hall–Kier alpha value is -11.7. The third-order valence-corrected chi connectivity index (χ3v) is 20.3. The van der Waals surface area contributed by atoms with E-state index in [1.807, 2.05) is 17.4 Å². The van der Waals surface area contributed by atoms with Gasteiger partial charge in [-0.25, -0.2) is 0 Å². The lowest BCUT2D eigenvalue weighted by atomic mass is 9.95. The van der Waals surface area contributed by atoms with Crippen molar-refractivity contribution in [3.8, 4) is 56.1 Å². The first-order chi connectivity index (χ1) is 44.7. The Balaban J connectivity index is 0.832. The Bertz CT molecular complexity index is 6410. The predicted molar refractivity (Wildman–Crippen MR) is 380 cm³/mol. The molecule has 0 atom stereocenters. The smallest absolute Gasteiger partial charge is 0.135 e. The summed E-state index contributed by atoms with van der Waals surface area (Å²) in [5.41, 5.74) is 22.7. The van der Waals surface area contributed by atoms with Crippen LogP contribution in [0.25, 0.3) is 185 Å². The standard InChI is InChI=1S/C84H50N4OS/c1-3-19-53(20-4-1)85-72-34-12-8-26-66(72)81-60(27-17-35-75(81)85)63-31-16-32-65-67-47-51(39-43-73(67)88(84(63)65)56-42-46-80-69(50-56)59-25-10-14-38-79(59)90-80)52-40-44-74-70(48-52)82-61(28-18-36-76(82)86(74)54-21-5-2-6-22-54)64-30-15-29-62-57-23-7-11-33-71(57)87(83(62)64)55-41-45-78-68(49-55)58-24-9-13-37-77(58)89-78/h1-50H. The molecule has 0 unspecified atom stereocenters. The second-order valence-electron chi connectivity index (χ2n) is 23.9. The molecule has 20 rings (SSSR count). The van der Waals surface area contributed by atoms with Crippen molar-refractivity contribution in [2.24, 2.45) is 0 Å². The highest BCUT2D eigenvalue weighted by Crippen LogP contribution is 2.48. The van der Waals surface area contributed by atoms with Crippen LogP contribution in [-0.4, -0.2) is 18.3 Å². The van der Waals surface area contributed by atoms with Crippen LogP contribution in [0.3, 0.4) is 0 Å². The van der Waals surface area contributed by atoms with E-state index >= 15 is 0 Å². The zero-order valence-corrected chi connectivity index (χ0v) is 49.3. The Labute approximate surface area is 519 Å². The zero-order valence-electron chi connectivity index (χ0n) is 48.5. The molecule has 0 bridgehead atoms. The highest BCUT2D eigenvalue weighted by Gasteiger charge is 2.25. The summed E-state index contributed by atoms with van der Waals surface area (Å²) in [7, 11) is 0. The highest BCUT2D eigenvalue weighted by molar-refractivity contribution is 7.25. The third kappa shape index (κ3) is 7.02. The number of furan rings is 1. The molecule has 6 heterocycles. The van der Waals surface area contributed by atoms with E-state index in [0.29, 0.717) is 0 Å². The summed E-state index contributed by atoms with van der Waals surface area (Å²) in [6, 6.07) is 112. The van der Waals surface area contributed by atoms with Crippen LogP contribution >= 0.6 is 11.3 Å². The lowest BCUT2D eigenvalue weighted by Crippen LogP contribution is -1.96. The Morgan fingerprint density at radius 2 is 0.667 bits per heavy atom. The van der Waals surface area contributed by atoms with Crippen LogP contribution in [0.15, 0.2) is 308 Å². The number of para-hydroxylation sites is 7. The molecule has 0 N–H and O–H groups in total. The van der Waals surface area contributed by atoms with E-state index in [4.69, 9.17) is 4.42 Å². The van der Waals surface area contributed by atoms with E-state index in [2.05, 4.69) is 316 Å². The van der Waals surface area contributed by atoms with Gasteiger partial charge in [0.1, 0.15) is 11.2 Å². The van der Waals surface area contributed by atoms with Crippen LogP contribution in [-0.2, 0) is 0 Å². The van der Waals surface area contributed by atoms with Crippen molar-refractivity contribution in [3.63, 3.8) is 0 Å². The highest BCUT2D eigenvalue weighted by atomic mass is 32.1. The maximum absolute atomic E-state index is 6.39. The average Bonchev–Trinajstić information content (AvgIpc) is 1.72. The molecule has 0 radical (unpaired) electrons. The van der Waals surface area contributed by atoms with Gasteiger partial charge in [-0.1, -0.05) is 182 Å². The molecule has 0 aliphatic carbocycles. The van der Waals surface area contributed by atoms with Crippen molar-refractivity contribution in [2.45, 2.75) is 0 Å². The van der Waals surface area contributed by atoms with Gasteiger partial charge in [0.15, 0.2) is 0 Å². The van der Waals surface area contributed by atoms with Crippen LogP contribution in [0.2, 0.25) is 0 Å². The summed E-state index contributed by atoms with van der Waals surface area (Å²) in [6.45, 7) is 0. The molecule has 0 saturated carbocycles. The van der Waals surface area contributed by atoms with Crippen LogP contribution in [0.4, 0.5) is 0 Å². The summed E-state index contributed by atoms with van der Waals surface area (Å²) in [6.07, 6.45) is 0. The summed E-state index contributed by atoms with van der Waals surface area (Å²) in [4.78, 5) is 0. The molecular weight excluding hydrogens is 1110 g/mol. The SMILES string of the molecule is c1ccc(-n2c3ccccc3c3c(-c4cccc5c6cc(-c7ccc8c(c7)c7c(-c9cccc%10c%11ccccc%11n(-c%11ccc%12oc%13ccccc%13c%12c%11)c9%10)cccc7n8-c7ccccc7)ccc6n(-c6ccc7sc8ccccc8c7c6)c45)cccc32)cc1. The van der Waals surface area contributed by atoms with Gasteiger partial charge in [0, 0.05) is 108 Å². The third-order valence-electron chi connectivity index (χ3n) is 19.1. The van der Waals surface area contributed by atoms with Gasteiger partial charge in [-0.15, -0.1) is 11.3 Å². The molecule has 5 nitrogen and oxygen atoms in total. The Kier molecular flexibility index (Phi) is 10.4. The summed E-state index contributed by atoms with van der Waals surface area (Å²) in [5.74, 6) is 0. The number of nitrogens with zero attached hydrogens (tertiary/aromatic N) is 4. The summed E-state index contributed by atoms with van der Waals surface area (Å²) >= 11 is 1.86. The first kappa shape index (κ1) is 49.4. The lowest BCUT2D eigenvalue weighted by molar-refractivity contribution is 0.669. The first-order valence-corrected chi connectivity index (χ1v) is 31.6. The van der Waals surface area contributed by atoms with Gasteiger partial charge in [0.05, 0.1) is 44.1 Å². The molecule has 0 aliphatic heterocycles. The molecule has 90 heavy (non-hydrogen) atoms. The molecule has 6 heteroatoms. The molecular formula is C84H50N4OS. The Morgan fingerprint density at radius 1 is 0.222 bits per heavy atom. The van der Waals surface area contributed by atoms with E-state index < -0.39 is 0 Å². The van der Waals surface area contributed by atoms with E-state index in [-0.39, 0.29) is 0 Å². The number of rotatable bonds is 7. The number of hydrogen-bond donors (Lipinski definition) is 0. The zero-order chi connectivity index (χ0) is 58.7. The molecule has 0 aliphatic rings. The second kappa shape index (κ2) is 18.9. The Morgan fingerprint density at radius 3 is 1.34 bits per heavy atom. The van der Waals surface area contributed by atoms with Crippen molar-refractivity contribution in [1.82, 2.24) is 18.3 Å². The van der Waals surface area contributed by atoms with Gasteiger partial charge in [0.2, 0.25) is 0 Å². The van der Waals surface area contributed by atoms with Crippen molar-refractivity contribution in [1.29, 1.82) is 0 Å². The fraction of sp³-hybridized carbons (Fsp3) is 0. The minimum absolute atomic E-state index is 0.882. The lowest BCUT2D eigenvalue weighted by Gasteiger charge is -2.14. The maximum Gasteiger partial charge on any atom is 0.135 e. The monoisotopic (exact) mass is 1160 g/mol.